The van der Waals surface area contributed by atoms with Crippen molar-refractivity contribution < 1.29 is 0 Å². The summed E-state index contributed by atoms with van der Waals surface area (Å²) in [5.41, 5.74) is 15.3. The molecule has 12 aromatic carbocycles. The second-order valence-corrected chi connectivity index (χ2v) is 21.2. The van der Waals surface area contributed by atoms with Crippen molar-refractivity contribution in [2.75, 3.05) is 0 Å². The first kappa shape index (κ1) is 58.1. The van der Waals surface area contributed by atoms with Gasteiger partial charge in [-0.15, -0.1) is 11.6 Å². The number of hydrogen-bond donors (Lipinski definition) is 0. The Morgan fingerprint density at radius 1 is 0.265 bits per heavy atom. The van der Waals surface area contributed by atoms with Gasteiger partial charge in [0.05, 0.1) is 5.38 Å². The third kappa shape index (κ3) is 18.7. The lowest BCUT2D eigenvalue weighted by molar-refractivity contribution is 0.657. The smallest absolute Gasteiger partial charge is 0.0835 e. The van der Waals surface area contributed by atoms with Crippen molar-refractivity contribution in [2.24, 2.45) is 0 Å². The van der Waals surface area contributed by atoms with E-state index in [1.165, 1.54) is 76.5 Å². The summed E-state index contributed by atoms with van der Waals surface area (Å²) < 4.78 is 0. The summed E-state index contributed by atoms with van der Waals surface area (Å²) in [7, 11) is 0. The maximum Gasteiger partial charge on any atom is 0.0835 e. The van der Waals surface area contributed by atoms with Gasteiger partial charge >= 0.3 is 0 Å². The molecule has 0 amide bonds. The van der Waals surface area contributed by atoms with Crippen LogP contribution in [0.15, 0.2) is 340 Å². The summed E-state index contributed by atoms with van der Waals surface area (Å²) in [5, 5.41) is 4.81. The fraction of sp³-hybridized carbons (Fsp3) is 0.0732. The fourth-order valence-electron chi connectivity index (χ4n) is 9.95. The van der Waals surface area contributed by atoms with Crippen LogP contribution >= 0.6 is 11.6 Å². The lowest BCUT2D eigenvalue weighted by Crippen LogP contribution is -2.10. The molecule has 1 heteroatoms. The van der Waals surface area contributed by atoms with Gasteiger partial charge in [0.1, 0.15) is 0 Å². The summed E-state index contributed by atoms with van der Waals surface area (Å²) in [4.78, 5) is 0. The lowest BCUT2D eigenvalue weighted by Gasteiger charge is -2.26. The van der Waals surface area contributed by atoms with Crippen LogP contribution < -0.4 is 20.9 Å². The van der Waals surface area contributed by atoms with Crippen LogP contribution in [0.2, 0.25) is 0 Å². The Hall–Kier alpha value is -9.59. The van der Waals surface area contributed by atoms with Crippen molar-refractivity contribution in [1.29, 1.82) is 0 Å². The summed E-state index contributed by atoms with van der Waals surface area (Å²) in [6.45, 7) is 4.47. The van der Waals surface area contributed by atoms with Crippen LogP contribution in [0.4, 0.5) is 0 Å². The van der Waals surface area contributed by atoms with Crippen LogP contribution in [0.3, 0.4) is 0 Å². The van der Waals surface area contributed by atoms with Crippen LogP contribution in [0, 0.1) is 6.92 Å². The highest BCUT2D eigenvalue weighted by atomic mass is 35.5. The van der Waals surface area contributed by atoms with Gasteiger partial charge in [-0.25, -0.2) is 0 Å². The zero-order chi connectivity index (χ0) is 57.1. The topological polar surface area (TPSA) is 0 Å². The molecular weight excluding hydrogens is 1020 g/mol. The van der Waals surface area contributed by atoms with E-state index < -0.39 is 0 Å². The van der Waals surface area contributed by atoms with Crippen LogP contribution in [-0.4, -0.2) is 0 Å². The van der Waals surface area contributed by atoms with Gasteiger partial charge in [0.15, 0.2) is 0 Å². The highest BCUT2D eigenvalue weighted by molar-refractivity contribution is 6.22. The van der Waals surface area contributed by atoms with Gasteiger partial charge in [0.25, 0.3) is 0 Å². The molecule has 0 saturated heterocycles. The van der Waals surface area contributed by atoms with E-state index in [4.69, 9.17) is 11.6 Å². The quantitative estimate of drug-likeness (QED) is 0.107. The van der Waals surface area contributed by atoms with E-state index in [1.807, 2.05) is 48.5 Å². The largest absolute Gasteiger partial charge is 0.113 e. The van der Waals surface area contributed by atoms with Gasteiger partial charge in [-0.3, -0.25) is 0 Å². The van der Waals surface area contributed by atoms with Crippen LogP contribution in [0.5, 0.6) is 0 Å². The van der Waals surface area contributed by atoms with Crippen molar-refractivity contribution in [3.63, 3.8) is 0 Å². The van der Waals surface area contributed by atoms with Crippen molar-refractivity contribution in [3.8, 4) is 0 Å². The SMILES string of the molecule is C(c1ccccc1)=c1ccc(=Cc2ccccc2)cc1.C(c1ccccc1)=c1ccc(=Cc2ccccc2)cc1.Cc1ccc(C(c2ccccc2)C(C)c2ccccc2)cc1.ClC(c1ccccc1)c1ccc(Cc2ccccc2)cc1. The van der Waals surface area contributed by atoms with Gasteiger partial charge in [0.2, 0.25) is 0 Å². The standard InChI is InChI=1S/C22H22.C20H17Cl.2C20H16/c1-17-13-15-21(16-14-17)22(20-11-7-4-8-12-20)18(2)19-9-5-3-6-10-19;21-20(18-9-5-2-6-10-18)19-13-11-17(12-14-19)15-16-7-3-1-4-8-16;2*1-3-7-17(8-4-1)15-19-11-13-20(14-12-19)16-18-9-5-2-6-10-18/h3-16,18,22H,1-2H3;1-14,20H,15H2;2*1-16H. The van der Waals surface area contributed by atoms with Gasteiger partial charge in [-0.2, -0.15) is 0 Å². The summed E-state index contributed by atoms with van der Waals surface area (Å²) in [5.74, 6) is 0.815. The number of alkyl halides is 1. The Morgan fingerprint density at radius 2 is 0.518 bits per heavy atom. The molecule has 0 nitrogen and oxygen atoms in total. The molecule has 0 aliphatic heterocycles. The van der Waals surface area contributed by atoms with E-state index in [2.05, 4.69) is 329 Å². The van der Waals surface area contributed by atoms with Gasteiger partial charge in [-0.1, -0.05) is 352 Å². The molecule has 12 aromatic rings. The van der Waals surface area contributed by atoms with Crippen molar-refractivity contribution in [3.05, 3.63) is 427 Å². The minimum Gasteiger partial charge on any atom is -0.113 e. The Morgan fingerprint density at radius 3 is 0.867 bits per heavy atom. The number of rotatable bonds is 12. The first-order valence-electron chi connectivity index (χ1n) is 28.7. The third-order valence-electron chi connectivity index (χ3n) is 14.4. The van der Waals surface area contributed by atoms with E-state index in [0.717, 1.165) is 17.5 Å². The monoisotopic (exact) mass is 1090 g/mol. The summed E-state index contributed by atoms with van der Waals surface area (Å²) >= 11 is 6.54. The second-order valence-electron chi connectivity index (χ2n) is 20.7. The molecule has 0 saturated carbocycles. The molecular formula is C82H71Cl. The molecule has 0 fully saturated rings. The molecule has 3 unspecified atom stereocenters. The average Bonchev–Trinajstić information content (AvgIpc) is 3.61. The maximum absolute atomic E-state index is 6.54. The summed E-state index contributed by atoms with van der Waals surface area (Å²) in [6.07, 6.45) is 9.70. The van der Waals surface area contributed by atoms with Crippen LogP contribution in [0.25, 0.3) is 24.3 Å². The lowest BCUT2D eigenvalue weighted by atomic mass is 9.78. The third-order valence-corrected chi connectivity index (χ3v) is 14.9. The van der Waals surface area contributed by atoms with Crippen molar-refractivity contribution >= 4 is 35.9 Å². The Bertz CT molecular complexity index is 3690. The predicted molar refractivity (Wildman–Crippen MR) is 356 cm³/mol. The van der Waals surface area contributed by atoms with E-state index in [9.17, 15) is 0 Å². The molecule has 0 bridgehead atoms. The minimum atomic E-state index is -0.0861. The molecule has 0 N–H and O–H groups in total. The highest BCUT2D eigenvalue weighted by Gasteiger charge is 2.22. The summed E-state index contributed by atoms with van der Waals surface area (Å²) in [6, 6.07) is 119. The Labute approximate surface area is 497 Å². The molecule has 406 valence electrons. The number of halogens is 1. The Balaban J connectivity index is 0.000000133. The van der Waals surface area contributed by atoms with E-state index in [-0.39, 0.29) is 5.38 Å². The zero-order valence-corrected chi connectivity index (χ0v) is 48.2. The molecule has 0 heterocycles. The minimum absolute atomic E-state index is 0.0861. The predicted octanol–water partition coefficient (Wildman–Crippen LogP) is 18.2. The highest BCUT2D eigenvalue weighted by Crippen LogP contribution is 2.38. The molecule has 3 atom stereocenters. The number of benzene rings is 12. The second kappa shape index (κ2) is 31.4. The molecule has 0 aromatic heterocycles. The van der Waals surface area contributed by atoms with Crippen LogP contribution in [-0.2, 0) is 6.42 Å². The van der Waals surface area contributed by atoms with Crippen molar-refractivity contribution in [1.82, 2.24) is 0 Å². The molecule has 0 aliphatic rings. The number of aryl methyl sites for hydroxylation is 1. The molecule has 83 heavy (non-hydrogen) atoms. The zero-order valence-electron chi connectivity index (χ0n) is 47.5. The first-order valence-corrected chi connectivity index (χ1v) is 29.1. The normalized spacial score (nSPS) is 11.5. The van der Waals surface area contributed by atoms with Crippen LogP contribution in [0.1, 0.15) is 90.9 Å². The Kier molecular flexibility index (Phi) is 22.0. The first-order chi connectivity index (χ1) is 40.9. The fourth-order valence-corrected chi connectivity index (χ4v) is 10.2. The molecule has 0 aliphatic carbocycles. The van der Waals surface area contributed by atoms with E-state index in [0.29, 0.717) is 11.8 Å². The molecule has 12 rings (SSSR count). The molecule has 0 radical (unpaired) electrons. The van der Waals surface area contributed by atoms with Gasteiger partial charge in [0, 0.05) is 5.92 Å². The van der Waals surface area contributed by atoms with Gasteiger partial charge < -0.3 is 0 Å². The number of hydrogen-bond acceptors (Lipinski definition) is 0. The molecule has 0 spiro atoms. The van der Waals surface area contributed by atoms with Gasteiger partial charge in [-0.05, 0) is 126 Å². The maximum atomic E-state index is 6.54. The van der Waals surface area contributed by atoms with E-state index >= 15 is 0 Å². The van der Waals surface area contributed by atoms with E-state index in [1.54, 1.807) is 0 Å². The van der Waals surface area contributed by atoms with Crippen molar-refractivity contribution in [2.45, 2.75) is 37.5 Å². The average molecular weight is 1090 g/mol.